The van der Waals surface area contributed by atoms with E-state index in [0.717, 1.165) is 25.3 Å². The maximum Gasteiger partial charge on any atom is 0.125 e. The molecule has 1 fully saturated rings. The summed E-state index contributed by atoms with van der Waals surface area (Å²) in [7, 11) is 0. The number of likely N-dealkylation sites (tertiary alicyclic amines) is 1. The Morgan fingerprint density at radius 1 is 1.24 bits per heavy atom. The zero-order valence-electron chi connectivity index (χ0n) is 12.4. The standard InChI is InChI=1S/C17H22N4/c1-13-10-21(11-14-5-3-2-4-6-14)12-16(13)20-15-7-8-19-17(18)9-15/h2-9,13,16H,10-12H2,1H3,(H3,18,19,20). The summed E-state index contributed by atoms with van der Waals surface area (Å²) in [6, 6.07) is 15.0. The molecule has 0 bridgehead atoms. The number of hydrogen-bond acceptors (Lipinski definition) is 4. The van der Waals surface area contributed by atoms with E-state index >= 15 is 0 Å². The molecule has 2 heterocycles. The van der Waals surface area contributed by atoms with Gasteiger partial charge in [-0.3, -0.25) is 4.90 Å². The fraction of sp³-hybridized carbons (Fsp3) is 0.353. The summed E-state index contributed by atoms with van der Waals surface area (Å²) in [4.78, 5) is 6.53. The van der Waals surface area contributed by atoms with E-state index in [-0.39, 0.29) is 0 Å². The van der Waals surface area contributed by atoms with Gasteiger partial charge in [0.25, 0.3) is 0 Å². The summed E-state index contributed by atoms with van der Waals surface area (Å²) in [5, 5.41) is 3.59. The number of nitrogens with two attached hydrogens (primary N) is 1. The number of nitrogens with zero attached hydrogens (tertiary/aromatic N) is 2. The number of anilines is 2. The number of rotatable bonds is 4. The van der Waals surface area contributed by atoms with Gasteiger partial charge in [0.2, 0.25) is 0 Å². The number of benzene rings is 1. The first-order valence-electron chi connectivity index (χ1n) is 7.45. The molecule has 1 saturated heterocycles. The fourth-order valence-corrected chi connectivity index (χ4v) is 2.98. The molecule has 0 saturated carbocycles. The van der Waals surface area contributed by atoms with Gasteiger partial charge in [-0.2, -0.15) is 0 Å². The van der Waals surface area contributed by atoms with Gasteiger partial charge >= 0.3 is 0 Å². The predicted molar refractivity (Wildman–Crippen MR) is 86.9 cm³/mol. The minimum Gasteiger partial charge on any atom is -0.384 e. The fourth-order valence-electron chi connectivity index (χ4n) is 2.98. The summed E-state index contributed by atoms with van der Waals surface area (Å²) in [6.45, 7) is 5.49. The average molecular weight is 282 g/mol. The molecule has 4 heteroatoms. The maximum atomic E-state index is 5.74. The summed E-state index contributed by atoms with van der Waals surface area (Å²) < 4.78 is 0. The van der Waals surface area contributed by atoms with Crippen LogP contribution in [0.15, 0.2) is 48.7 Å². The second-order valence-electron chi connectivity index (χ2n) is 5.88. The van der Waals surface area contributed by atoms with Crippen molar-refractivity contribution in [3.8, 4) is 0 Å². The largest absolute Gasteiger partial charge is 0.384 e. The van der Waals surface area contributed by atoms with Gasteiger partial charge < -0.3 is 11.1 Å². The van der Waals surface area contributed by atoms with E-state index in [0.29, 0.717) is 17.8 Å². The first-order valence-corrected chi connectivity index (χ1v) is 7.45. The molecule has 0 aliphatic carbocycles. The van der Waals surface area contributed by atoms with Gasteiger partial charge in [-0.05, 0) is 17.5 Å². The van der Waals surface area contributed by atoms with Crippen LogP contribution in [0.1, 0.15) is 12.5 Å². The normalized spacial score (nSPS) is 22.3. The van der Waals surface area contributed by atoms with Crippen molar-refractivity contribution in [2.75, 3.05) is 24.1 Å². The summed E-state index contributed by atoms with van der Waals surface area (Å²) >= 11 is 0. The minimum atomic E-state index is 0.454. The second-order valence-corrected chi connectivity index (χ2v) is 5.88. The second kappa shape index (κ2) is 6.14. The van der Waals surface area contributed by atoms with Gasteiger partial charge in [0.15, 0.2) is 0 Å². The molecular weight excluding hydrogens is 260 g/mol. The van der Waals surface area contributed by atoms with E-state index in [9.17, 15) is 0 Å². The van der Waals surface area contributed by atoms with Crippen LogP contribution in [0.3, 0.4) is 0 Å². The number of hydrogen-bond donors (Lipinski definition) is 2. The van der Waals surface area contributed by atoms with Crippen molar-refractivity contribution in [3.63, 3.8) is 0 Å². The van der Waals surface area contributed by atoms with Gasteiger partial charge in [0.05, 0.1) is 0 Å². The number of nitrogens with one attached hydrogen (secondary N) is 1. The Morgan fingerprint density at radius 3 is 2.81 bits per heavy atom. The minimum absolute atomic E-state index is 0.454. The lowest BCUT2D eigenvalue weighted by atomic mass is 10.1. The van der Waals surface area contributed by atoms with E-state index in [1.54, 1.807) is 6.20 Å². The van der Waals surface area contributed by atoms with E-state index in [1.165, 1.54) is 5.56 Å². The molecule has 1 aromatic carbocycles. The van der Waals surface area contributed by atoms with Crippen LogP contribution in [-0.2, 0) is 6.54 Å². The molecule has 3 N–H and O–H groups in total. The first kappa shape index (κ1) is 13.9. The highest BCUT2D eigenvalue weighted by Crippen LogP contribution is 2.22. The van der Waals surface area contributed by atoms with Crippen LogP contribution in [-0.4, -0.2) is 29.0 Å². The molecule has 0 spiro atoms. The summed E-state index contributed by atoms with van der Waals surface area (Å²) in [6.07, 6.45) is 1.75. The Bertz CT molecular complexity index is 584. The summed E-state index contributed by atoms with van der Waals surface area (Å²) in [5.74, 6) is 1.18. The van der Waals surface area contributed by atoms with Crippen LogP contribution >= 0.6 is 0 Å². The van der Waals surface area contributed by atoms with E-state index in [1.807, 2.05) is 12.1 Å². The third-order valence-electron chi connectivity index (χ3n) is 4.07. The Kier molecular flexibility index (Phi) is 4.06. The van der Waals surface area contributed by atoms with Gasteiger partial charge in [0.1, 0.15) is 5.82 Å². The molecule has 3 rings (SSSR count). The number of pyridine rings is 1. The SMILES string of the molecule is CC1CN(Cc2ccccc2)CC1Nc1ccnc(N)c1. The Hall–Kier alpha value is -2.07. The van der Waals surface area contributed by atoms with Crippen molar-refractivity contribution in [3.05, 3.63) is 54.2 Å². The molecule has 2 aromatic rings. The van der Waals surface area contributed by atoms with Crippen LogP contribution in [0.2, 0.25) is 0 Å². The lowest BCUT2D eigenvalue weighted by Crippen LogP contribution is -2.28. The zero-order valence-corrected chi connectivity index (χ0v) is 12.4. The van der Waals surface area contributed by atoms with E-state index in [4.69, 9.17) is 5.73 Å². The molecule has 21 heavy (non-hydrogen) atoms. The molecule has 1 aliphatic rings. The molecular formula is C17H22N4. The monoisotopic (exact) mass is 282 g/mol. The van der Waals surface area contributed by atoms with Crippen LogP contribution in [0.4, 0.5) is 11.5 Å². The quantitative estimate of drug-likeness (QED) is 0.905. The highest BCUT2D eigenvalue weighted by Gasteiger charge is 2.29. The smallest absolute Gasteiger partial charge is 0.125 e. The van der Waals surface area contributed by atoms with Crippen molar-refractivity contribution >= 4 is 11.5 Å². The molecule has 110 valence electrons. The Balaban J connectivity index is 1.61. The van der Waals surface area contributed by atoms with Gasteiger partial charge in [-0.25, -0.2) is 4.98 Å². The molecule has 4 nitrogen and oxygen atoms in total. The number of nitrogen functional groups attached to an aromatic ring is 1. The Labute approximate surface area is 126 Å². The third kappa shape index (κ3) is 3.52. The molecule has 0 radical (unpaired) electrons. The molecule has 1 aliphatic heterocycles. The van der Waals surface area contributed by atoms with Crippen molar-refractivity contribution in [1.29, 1.82) is 0 Å². The van der Waals surface area contributed by atoms with Gasteiger partial charge in [-0.15, -0.1) is 0 Å². The van der Waals surface area contributed by atoms with Crippen LogP contribution in [0.5, 0.6) is 0 Å². The highest BCUT2D eigenvalue weighted by molar-refractivity contribution is 5.50. The van der Waals surface area contributed by atoms with Crippen molar-refractivity contribution in [2.24, 2.45) is 5.92 Å². The lowest BCUT2D eigenvalue weighted by molar-refractivity contribution is 0.319. The van der Waals surface area contributed by atoms with Crippen molar-refractivity contribution < 1.29 is 0 Å². The van der Waals surface area contributed by atoms with E-state index in [2.05, 4.69) is 52.5 Å². The topological polar surface area (TPSA) is 54.2 Å². The predicted octanol–water partition coefficient (Wildman–Crippen LogP) is 2.60. The molecule has 2 atom stereocenters. The summed E-state index contributed by atoms with van der Waals surface area (Å²) in [5.41, 5.74) is 8.17. The number of aromatic nitrogens is 1. The van der Waals surface area contributed by atoms with Crippen molar-refractivity contribution in [1.82, 2.24) is 9.88 Å². The van der Waals surface area contributed by atoms with Crippen LogP contribution in [0, 0.1) is 5.92 Å². The Morgan fingerprint density at radius 2 is 2.05 bits per heavy atom. The molecule has 2 unspecified atom stereocenters. The van der Waals surface area contributed by atoms with Crippen molar-refractivity contribution in [2.45, 2.75) is 19.5 Å². The molecule has 0 amide bonds. The zero-order chi connectivity index (χ0) is 14.7. The highest BCUT2D eigenvalue weighted by atomic mass is 15.2. The maximum absolute atomic E-state index is 5.74. The average Bonchev–Trinajstić information content (AvgIpc) is 2.80. The van der Waals surface area contributed by atoms with Crippen LogP contribution < -0.4 is 11.1 Å². The van der Waals surface area contributed by atoms with Gasteiger partial charge in [0, 0.05) is 43.6 Å². The van der Waals surface area contributed by atoms with Gasteiger partial charge in [-0.1, -0.05) is 37.3 Å². The first-order chi connectivity index (χ1) is 10.2. The third-order valence-corrected chi connectivity index (χ3v) is 4.07. The molecule has 1 aromatic heterocycles. The van der Waals surface area contributed by atoms with Crippen LogP contribution in [0.25, 0.3) is 0 Å². The van der Waals surface area contributed by atoms with E-state index < -0.39 is 0 Å². The lowest BCUT2D eigenvalue weighted by Gasteiger charge is -2.18.